The number of aromatic nitrogens is 3. The molecular weight excluding hydrogens is 340 g/mol. The number of carbonyl (C=O) groups is 2. The van der Waals surface area contributed by atoms with E-state index in [1.165, 1.54) is 25.8 Å². The zero-order valence-corrected chi connectivity index (χ0v) is 15.2. The van der Waals surface area contributed by atoms with Gasteiger partial charge in [0.1, 0.15) is 11.1 Å². The summed E-state index contributed by atoms with van der Waals surface area (Å²) in [6.07, 6.45) is 2.17. The maximum absolute atomic E-state index is 11.7. The number of rotatable bonds is 6. The van der Waals surface area contributed by atoms with E-state index in [1.54, 1.807) is 6.92 Å². The molecule has 132 valence electrons. The summed E-state index contributed by atoms with van der Waals surface area (Å²) < 4.78 is 6.76. The molecule has 1 atom stereocenters. The Morgan fingerprint density at radius 3 is 2.76 bits per heavy atom. The molecule has 0 spiro atoms. The minimum absolute atomic E-state index is 0.128. The highest BCUT2D eigenvalue weighted by molar-refractivity contribution is 8.00. The van der Waals surface area contributed by atoms with Crippen molar-refractivity contribution in [3.63, 3.8) is 0 Å². The lowest BCUT2D eigenvalue weighted by molar-refractivity contribution is -0.139. The van der Waals surface area contributed by atoms with Gasteiger partial charge in [-0.1, -0.05) is 17.8 Å². The Labute approximate surface area is 150 Å². The van der Waals surface area contributed by atoms with Crippen LogP contribution in [0, 0.1) is 0 Å². The van der Waals surface area contributed by atoms with Gasteiger partial charge >= 0.3 is 5.97 Å². The van der Waals surface area contributed by atoms with Gasteiger partial charge in [0.2, 0.25) is 5.91 Å². The minimum atomic E-state index is -0.390. The lowest BCUT2D eigenvalue weighted by Crippen LogP contribution is -2.16. The molecule has 1 amide bonds. The van der Waals surface area contributed by atoms with Gasteiger partial charge in [-0.3, -0.25) is 14.2 Å². The molecule has 7 nitrogen and oxygen atoms in total. The Hall–Kier alpha value is -2.35. The zero-order chi connectivity index (χ0) is 18.0. The van der Waals surface area contributed by atoms with Crippen molar-refractivity contribution >= 4 is 29.3 Å². The minimum Gasteiger partial charge on any atom is -0.468 e. The van der Waals surface area contributed by atoms with Crippen LogP contribution in [0.25, 0.3) is 5.69 Å². The topological polar surface area (TPSA) is 86.1 Å². The Kier molecular flexibility index (Phi) is 5.08. The highest BCUT2D eigenvalue weighted by Crippen LogP contribution is 2.41. The first kappa shape index (κ1) is 17.5. The Morgan fingerprint density at radius 1 is 1.36 bits per heavy atom. The molecule has 3 rings (SSSR count). The molecule has 0 aliphatic heterocycles. The van der Waals surface area contributed by atoms with Crippen molar-refractivity contribution in [2.75, 3.05) is 12.4 Å². The van der Waals surface area contributed by atoms with Crippen LogP contribution in [0.15, 0.2) is 29.4 Å². The number of nitrogens with zero attached hydrogens (tertiary/aromatic N) is 3. The summed E-state index contributed by atoms with van der Waals surface area (Å²) in [7, 11) is 1.37. The molecule has 1 aromatic carbocycles. The molecule has 1 aliphatic carbocycles. The largest absolute Gasteiger partial charge is 0.468 e. The van der Waals surface area contributed by atoms with E-state index in [2.05, 4.69) is 15.5 Å². The van der Waals surface area contributed by atoms with Gasteiger partial charge in [0, 0.05) is 18.5 Å². The highest BCUT2D eigenvalue weighted by Gasteiger charge is 2.32. The van der Waals surface area contributed by atoms with Gasteiger partial charge in [-0.15, -0.1) is 10.2 Å². The van der Waals surface area contributed by atoms with E-state index in [-0.39, 0.29) is 11.9 Å². The molecule has 1 saturated carbocycles. The third-order valence-corrected chi connectivity index (χ3v) is 4.86. The van der Waals surface area contributed by atoms with Gasteiger partial charge in [-0.25, -0.2) is 0 Å². The molecule has 0 radical (unpaired) electrons. The maximum atomic E-state index is 11.7. The summed E-state index contributed by atoms with van der Waals surface area (Å²) in [6.45, 7) is 3.25. The molecule has 8 heteroatoms. The van der Waals surface area contributed by atoms with Crippen LogP contribution < -0.4 is 5.32 Å². The number of esters is 1. The quantitative estimate of drug-likeness (QED) is 0.630. The maximum Gasteiger partial charge on any atom is 0.318 e. The fourth-order valence-electron chi connectivity index (χ4n) is 2.50. The van der Waals surface area contributed by atoms with E-state index in [4.69, 9.17) is 4.74 Å². The first-order valence-corrected chi connectivity index (χ1v) is 8.95. The summed E-state index contributed by atoms with van der Waals surface area (Å²) in [5, 5.41) is 11.7. The number of anilines is 1. The van der Waals surface area contributed by atoms with Crippen LogP contribution in [0.4, 0.5) is 5.69 Å². The fourth-order valence-corrected chi connectivity index (χ4v) is 3.41. The molecule has 0 saturated heterocycles. The highest BCUT2D eigenvalue weighted by atomic mass is 32.2. The van der Waals surface area contributed by atoms with Crippen molar-refractivity contribution in [2.45, 2.75) is 43.0 Å². The number of amides is 1. The van der Waals surface area contributed by atoms with Crippen molar-refractivity contribution in [3.05, 3.63) is 30.1 Å². The summed E-state index contributed by atoms with van der Waals surface area (Å²) in [4.78, 5) is 23.1. The lowest BCUT2D eigenvalue weighted by Gasteiger charge is -2.13. The second kappa shape index (κ2) is 7.26. The number of hydrogen-bond donors (Lipinski definition) is 1. The number of hydrogen-bond acceptors (Lipinski definition) is 6. The fraction of sp³-hybridized carbons (Fsp3) is 0.412. The van der Waals surface area contributed by atoms with Crippen LogP contribution in [0.2, 0.25) is 0 Å². The SMILES string of the molecule is COC(=O)[C@@H](C)Sc1nnc(C2CC2)n1-c1cccc(NC(C)=O)c1. The van der Waals surface area contributed by atoms with Crippen LogP contribution in [0.5, 0.6) is 0 Å². The zero-order valence-electron chi connectivity index (χ0n) is 14.4. The summed E-state index contributed by atoms with van der Waals surface area (Å²) in [6, 6.07) is 7.52. The molecule has 1 heterocycles. The standard InChI is InChI=1S/C17H20N4O3S/c1-10(16(23)24-3)25-17-20-19-15(12-7-8-12)21(17)14-6-4-5-13(9-14)18-11(2)22/h4-6,9-10,12H,7-8H2,1-3H3,(H,18,22)/t10-/m1/s1. The molecule has 1 aromatic heterocycles. The number of thioether (sulfide) groups is 1. The van der Waals surface area contributed by atoms with Gasteiger partial charge < -0.3 is 10.1 Å². The van der Waals surface area contributed by atoms with E-state index >= 15 is 0 Å². The van der Waals surface area contributed by atoms with Crippen LogP contribution >= 0.6 is 11.8 Å². The van der Waals surface area contributed by atoms with Crippen LogP contribution in [0.1, 0.15) is 38.4 Å². The van der Waals surface area contributed by atoms with Crippen molar-refractivity contribution in [2.24, 2.45) is 0 Å². The summed E-state index contributed by atoms with van der Waals surface area (Å²) in [5.74, 6) is 0.844. The number of nitrogens with one attached hydrogen (secondary N) is 1. The number of benzene rings is 1. The molecule has 25 heavy (non-hydrogen) atoms. The molecule has 1 N–H and O–H groups in total. The predicted octanol–water partition coefficient (Wildman–Crippen LogP) is 2.76. The Balaban J connectivity index is 1.97. The third kappa shape index (κ3) is 4.01. The summed E-state index contributed by atoms with van der Waals surface area (Å²) >= 11 is 1.31. The molecule has 1 fully saturated rings. The molecule has 0 unspecified atom stereocenters. The first-order valence-electron chi connectivity index (χ1n) is 8.07. The molecular formula is C17H20N4O3S. The van der Waals surface area contributed by atoms with E-state index in [0.717, 1.165) is 24.4 Å². The molecule has 0 bridgehead atoms. The van der Waals surface area contributed by atoms with Gasteiger partial charge in [-0.2, -0.15) is 0 Å². The Morgan fingerprint density at radius 2 is 2.12 bits per heavy atom. The van der Waals surface area contributed by atoms with E-state index in [1.807, 2.05) is 28.8 Å². The predicted molar refractivity (Wildman–Crippen MR) is 95.0 cm³/mol. The van der Waals surface area contributed by atoms with Crippen molar-refractivity contribution in [1.29, 1.82) is 0 Å². The van der Waals surface area contributed by atoms with Gasteiger partial charge in [-0.05, 0) is 38.0 Å². The lowest BCUT2D eigenvalue weighted by atomic mass is 10.2. The van der Waals surface area contributed by atoms with Gasteiger partial charge in [0.05, 0.1) is 12.8 Å². The van der Waals surface area contributed by atoms with E-state index < -0.39 is 5.25 Å². The second-order valence-electron chi connectivity index (χ2n) is 5.97. The van der Waals surface area contributed by atoms with Crippen LogP contribution in [0.3, 0.4) is 0 Å². The number of carbonyl (C=O) groups excluding carboxylic acids is 2. The normalized spacial score (nSPS) is 14.8. The van der Waals surface area contributed by atoms with Crippen molar-refractivity contribution < 1.29 is 14.3 Å². The van der Waals surface area contributed by atoms with Crippen LogP contribution in [-0.4, -0.2) is 39.0 Å². The monoisotopic (exact) mass is 360 g/mol. The van der Waals surface area contributed by atoms with E-state index in [9.17, 15) is 9.59 Å². The molecule has 1 aliphatic rings. The third-order valence-electron chi connectivity index (χ3n) is 3.84. The van der Waals surface area contributed by atoms with Crippen LogP contribution in [-0.2, 0) is 14.3 Å². The second-order valence-corrected chi connectivity index (χ2v) is 7.27. The number of methoxy groups -OCH3 is 1. The molecule has 2 aromatic rings. The Bertz CT molecular complexity index is 801. The first-order chi connectivity index (χ1) is 12.0. The smallest absolute Gasteiger partial charge is 0.318 e. The number of ether oxygens (including phenoxy) is 1. The summed E-state index contributed by atoms with van der Waals surface area (Å²) in [5.41, 5.74) is 1.56. The average molecular weight is 360 g/mol. The van der Waals surface area contributed by atoms with Gasteiger partial charge in [0.15, 0.2) is 5.16 Å². The van der Waals surface area contributed by atoms with E-state index in [0.29, 0.717) is 16.8 Å². The van der Waals surface area contributed by atoms with Gasteiger partial charge in [0.25, 0.3) is 0 Å². The van der Waals surface area contributed by atoms with Crippen molar-refractivity contribution in [1.82, 2.24) is 14.8 Å². The average Bonchev–Trinajstić information content (AvgIpc) is 3.34. The van der Waals surface area contributed by atoms with Crippen molar-refractivity contribution in [3.8, 4) is 5.69 Å².